The Labute approximate surface area is 149 Å². The van der Waals surface area contributed by atoms with Gasteiger partial charge in [0.25, 0.3) is 5.69 Å². The lowest BCUT2D eigenvalue weighted by atomic mass is 9.77. The largest absolute Gasteiger partial charge is 0.378 e. The van der Waals surface area contributed by atoms with Gasteiger partial charge in [0, 0.05) is 22.7 Å². The number of halogens is 2. The lowest BCUT2D eigenvalue weighted by molar-refractivity contribution is -0.384. The molecule has 2 aromatic carbocycles. The molecular weight excluding hydrogens is 347 g/mol. The third kappa shape index (κ3) is 2.46. The maximum atomic E-state index is 11.2. The van der Waals surface area contributed by atoms with Crippen LogP contribution in [0.1, 0.15) is 29.5 Å². The number of fused-ring (bicyclic) bond motifs is 3. The second kappa shape index (κ2) is 5.80. The van der Waals surface area contributed by atoms with Crippen molar-refractivity contribution >= 4 is 34.6 Å². The van der Waals surface area contributed by atoms with Crippen molar-refractivity contribution in [3.8, 4) is 0 Å². The van der Waals surface area contributed by atoms with Crippen molar-refractivity contribution in [1.29, 1.82) is 0 Å². The van der Waals surface area contributed by atoms with Gasteiger partial charge in [-0.2, -0.15) is 0 Å². The van der Waals surface area contributed by atoms with Crippen molar-refractivity contribution in [3.05, 3.63) is 79.8 Å². The van der Waals surface area contributed by atoms with E-state index in [1.807, 2.05) is 24.3 Å². The van der Waals surface area contributed by atoms with Crippen molar-refractivity contribution in [3.63, 3.8) is 0 Å². The molecule has 0 saturated heterocycles. The molecular formula is C18H14Cl2N2O2. The average Bonchev–Trinajstić information content (AvgIpc) is 3.04. The summed E-state index contributed by atoms with van der Waals surface area (Å²) < 4.78 is 0. The third-order valence-electron chi connectivity index (χ3n) is 4.85. The monoisotopic (exact) mass is 360 g/mol. The molecule has 1 aliphatic heterocycles. The molecule has 4 rings (SSSR count). The van der Waals surface area contributed by atoms with Crippen LogP contribution in [-0.4, -0.2) is 4.92 Å². The lowest BCUT2D eigenvalue weighted by Gasteiger charge is -2.37. The molecule has 4 nitrogen and oxygen atoms in total. The number of nitro groups is 1. The molecule has 24 heavy (non-hydrogen) atoms. The van der Waals surface area contributed by atoms with Crippen LogP contribution in [0.4, 0.5) is 11.4 Å². The molecule has 0 amide bonds. The molecule has 0 spiro atoms. The van der Waals surface area contributed by atoms with Gasteiger partial charge in [-0.05, 0) is 47.7 Å². The number of nitrogens with one attached hydrogen (secondary N) is 1. The maximum absolute atomic E-state index is 11.2. The summed E-state index contributed by atoms with van der Waals surface area (Å²) in [5, 5.41) is 15.6. The van der Waals surface area contributed by atoms with Crippen LogP contribution in [0.2, 0.25) is 10.0 Å². The fourth-order valence-corrected chi connectivity index (χ4v) is 4.13. The predicted octanol–water partition coefficient (Wildman–Crippen LogP) is 5.73. The molecule has 2 aliphatic rings. The molecule has 0 aromatic heterocycles. The first-order valence-electron chi connectivity index (χ1n) is 7.71. The highest BCUT2D eigenvalue weighted by Crippen LogP contribution is 2.50. The van der Waals surface area contributed by atoms with E-state index in [1.165, 1.54) is 5.56 Å². The molecule has 0 radical (unpaired) electrons. The number of allylic oxidation sites excluding steroid dienone is 2. The third-order valence-corrected chi connectivity index (χ3v) is 5.41. The first kappa shape index (κ1) is 15.5. The van der Waals surface area contributed by atoms with E-state index in [-0.39, 0.29) is 22.7 Å². The first-order chi connectivity index (χ1) is 11.5. The van der Waals surface area contributed by atoms with Crippen LogP contribution >= 0.6 is 23.2 Å². The molecule has 3 atom stereocenters. The number of hydrogen-bond acceptors (Lipinski definition) is 3. The summed E-state index contributed by atoms with van der Waals surface area (Å²) in [6.07, 6.45) is 5.30. The number of anilines is 1. The second-order valence-electron chi connectivity index (χ2n) is 6.18. The molecule has 2 aromatic rings. The Hall–Kier alpha value is -2.04. The molecule has 6 heteroatoms. The zero-order valence-corrected chi connectivity index (χ0v) is 14.1. The number of benzene rings is 2. The summed E-state index contributed by atoms with van der Waals surface area (Å²) in [6, 6.07) is 10.9. The van der Waals surface area contributed by atoms with Crippen molar-refractivity contribution < 1.29 is 4.92 Å². The summed E-state index contributed by atoms with van der Waals surface area (Å²) in [6.45, 7) is 0. The van der Waals surface area contributed by atoms with Gasteiger partial charge in [0.1, 0.15) is 5.02 Å². The van der Waals surface area contributed by atoms with E-state index in [0.29, 0.717) is 5.92 Å². The Balaban J connectivity index is 1.79. The van der Waals surface area contributed by atoms with Crippen LogP contribution in [0.15, 0.2) is 48.6 Å². The Morgan fingerprint density at radius 2 is 2.00 bits per heavy atom. The minimum atomic E-state index is -0.438. The summed E-state index contributed by atoms with van der Waals surface area (Å²) >= 11 is 12.1. The standard InChI is InChI=1S/C18H14Cl2N2O2/c19-11-5-7-16-14(9-11)12-2-1-3-13(12)18(21-16)10-4-6-15(20)17(8-10)22(23)24/h1-2,4-9,12-13,18,21H,3H2/t12-,13+,18-/m0/s1. The lowest BCUT2D eigenvalue weighted by Crippen LogP contribution is -2.29. The van der Waals surface area contributed by atoms with E-state index in [0.717, 1.165) is 22.7 Å². The van der Waals surface area contributed by atoms with Crippen LogP contribution in [0.25, 0.3) is 0 Å². The van der Waals surface area contributed by atoms with Crippen molar-refractivity contribution in [2.24, 2.45) is 5.92 Å². The van der Waals surface area contributed by atoms with Gasteiger partial charge in [0.05, 0.1) is 11.0 Å². The highest BCUT2D eigenvalue weighted by molar-refractivity contribution is 6.32. The SMILES string of the molecule is O=[N+]([O-])c1cc([C@@H]2Nc3ccc(Cl)cc3[C@H]3C=CC[C@H]32)ccc1Cl. The molecule has 0 bridgehead atoms. The normalized spacial score (nSPS) is 24.2. The van der Waals surface area contributed by atoms with Crippen molar-refractivity contribution in [2.75, 3.05) is 5.32 Å². The van der Waals surface area contributed by atoms with Crippen LogP contribution in [-0.2, 0) is 0 Å². The van der Waals surface area contributed by atoms with Crippen molar-refractivity contribution in [1.82, 2.24) is 0 Å². The minimum Gasteiger partial charge on any atom is -0.378 e. The maximum Gasteiger partial charge on any atom is 0.288 e. The van der Waals surface area contributed by atoms with Crippen LogP contribution < -0.4 is 5.32 Å². The van der Waals surface area contributed by atoms with Crippen LogP contribution in [0.3, 0.4) is 0 Å². The Morgan fingerprint density at radius 1 is 1.17 bits per heavy atom. The summed E-state index contributed by atoms with van der Waals surface area (Å²) in [7, 11) is 0. The minimum absolute atomic E-state index is 0.00496. The molecule has 0 fully saturated rings. The number of nitro benzene ring substituents is 1. The number of nitrogens with zero attached hydrogens (tertiary/aromatic N) is 1. The molecule has 1 heterocycles. The molecule has 122 valence electrons. The van der Waals surface area contributed by atoms with Gasteiger partial charge >= 0.3 is 0 Å². The van der Waals surface area contributed by atoms with Gasteiger partial charge in [-0.25, -0.2) is 0 Å². The summed E-state index contributed by atoms with van der Waals surface area (Å²) in [5.41, 5.74) is 3.03. The van der Waals surface area contributed by atoms with Gasteiger partial charge in [-0.3, -0.25) is 10.1 Å². The average molecular weight is 361 g/mol. The summed E-state index contributed by atoms with van der Waals surface area (Å²) in [5.74, 6) is 0.566. The Morgan fingerprint density at radius 3 is 2.79 bits per heavy atom. The topological polar surface area (TPSA) is 55.2 Å². The van der Waals surface area contributed by atoms with Gasteiger partial charge in [-0.15, -0.1) is 0 Å². The Bertz CT molecular complexity index is 866. The highest BCUT2D eigenvalue weighted by atomic mass is 35.5. The van der Waals surface area contributed by atoms with Gasteiger partial charge in [0.2, 0.25) is 0 Å². The van der Waals surface area contributed by atoms with E-state index in [4.69, 9.17) is 23.2 Å². The van der Waals surface area contributed by atoms with E-state index in [2.05, 4.69) is 17.5 Å². The van der Waals surface area contributed by atoms with Crippen molar-refractivity contribution in [2.45, 2.75) is 18.4 Å². The fraction of sp³-hybridized carbons (Fsp3) is 0.222. The van der Waals surface area contributed by atoms with Gasteiger partial charge in [-0.1, -0.05) is 41.4 Å². The van der Waals surface area contributed by atoms with E-state index in [1.54, 1.807) is 12.1 Å². The number of hydrogen-bond donors (Lipinski definition) is 1. The van der Waals surface area contributed by atoms with E-state index >= 15 is 0 Å². The molecule has 1 N–H and O–H groups in total. The molecule has 0 unspecified atom stereocenters. The van der Waals surface area contributed by atoms with Gasteiger partial charge in [0.15, 0.2) is 0 Å². The van der Waals surface area contributed by atoms with Crippen LogP contribution in [0.5, 0.6) is 0 Å². The molecule has 0 saturated carbocycles. The Kier molecular flexibility index (Phi) is 3.74. The van der Waals surface area contributed by atoms with Crippen LogP contribution in [0, 0.1) is 16.0 Å². The van der Waals surface area contributed by atoms with Gasteiger partial charge < -0.3 is 5.32 Å². The van der Waals surface area contributed by atoms with E-state index in [9.17, 15) is 10.1 Å². The number of rotatable bonds is 2. The van der Waals surface area contributed by atoms with E-state index < -0.39 is 4.92 Å². The first-order valence-corrected chi connectivity index (χ1v) is 8.46. The molecule has 1 aliphatic carbocycles. The fourth-order valence-electron chi connectivity index (χ4n) is 3.76. The smallest absolute Gasteiger partial charge is 0.288 e. The zero-order chi connectivity index (χ0) is 16.8. The quantitative estimate of drug-likeness (QED) is 0.422. The summed E-state index contributed by atoms with van der Waals surface area (Å²) in [4.78, 5) is 10.8. The second-order valence-corrected chi connectivity index (χ2v) is 7.02. The highest BCUT2D eigenvalue weighted by Gasteiger charge is 2.38. The predicted molar refractivity (Wildman–Crippen MR) is 95.9 cm³/mol. The zero-order valence-electron chi connectivity index (χ0n) is 12.6.